The average molecular weight is 296 g/mol. The number of carbonyl (C=O) groups excluding carboxylic acids is 1. The van der Waals surface area contributed by atoms with Crippen molar-refractivity contribution in [3.05, 3.63) is 0 Å². The summed E-state index contributed by atoms with van der Waals surface area (Å²) in [5.74, 6) is -0.449. The number of carbonyl (C=O) groups is 2. The Morgan fingerprint density at radius 1 is 1.29 bits per heavy atom. The van der Waals surface area contributed by atoms with Crippen LogP contribution in [0.2, 0.25) is 0 Å². The molecule has 120 valence electrons. The van der Waals surface area contributed by atoms with E-state index < -0.39 is 17.0 Å². The first-order valence-electron chi connectivity index (χ1n) is 8.25. The number of carboxylic acids is 1. The van der Waals surface area contributed by atoms with E-state index >= 15 is 0 Å². The summed E-state index contributed by atoms with van der Waals surface area (Å²) in [6.07, 6.45) is 6.27. The molecule has 5 heteroatoms. The predicted octanol–water partition coefficient (Wildman–Crippen LogP) is 2.06. The van der Waals surface area contributed by atoms with E-state index in [1.807, 2.05) is 0 Å². The number of hydrogen-bond acceptors (Lipinski definition) is 3. The lowest BCUT2D eigenvalue weighted by molar-refractivity contribution is -0.151. The normalized spacial score (nSPS) is 36.4. The van der Waals surface area contributed by atoms with Crippen molar-refractivity contribution in [2.45, 2.75) is 76.3 Å². The van der Waals surface area contributed by atoms with Crippen molar-refractivity contribution in [3.63, 3.8) is 0 Å². The molecule has 1 saturated carbocycles. The van der Waals surface area contributed by atoms with Crippen molar-refractivity contribution >= 4 is 11.9 Å². The van der Waals surface area contributed by atoms with E-state index in [0.29, 0.717) is 18.8 Å². The molecule has 0 bridgehead atoms. The molecule has 1 saturated heterocycles. The molecule has 1 atom stereocenters. The van der Waals surface area contributed by atoms with Gasteiger partial charge in [0, 0.05) is 0 Å². The van der Waals surface area contributed by atoms with Crippen LogP contribution in [0.1, 0.15) is 65.2 Å². The van der Waals surface area contributed by atoms with Gasteiger partial charge in [-0.15, -0.1) is 0 Å². The van der Waals surface area contributed by atoms with Crippen molar-refractivity contribution < 1.29 is 14.7 Å². The van der Waals surface area contributed by atoms with Crippen LogP contribution in [0.5, 0.6) is 0 Å². The van der Waals surface area contributed by atoms with E-state index in [2.05, 4.69) is 24.5 Å². The first-order valence-corrected chi connectivity index (χ1v) is 8.25. The molecule has 1 aliphatic heterocycles. The lowest BCUT2D eigenvalue weighted by Crippen LogP contribution is -2.63. The lowest BCUT2D eigenvalue weighted by Gasteiger charge is -2.39. The fourth-order valence-electron chi connectivity index (χ4n) is 3.74. The maximum atomic E-state index is 12.8. The van der Waals surface area contributed by atoms with Crippen molar-refractivity contribution in [3.8, 4) is 0 Å². The molecule has 0 aromatic rings. The molecule has 5 nitrogen and oxygen atoms in total. The Kier molecular flexibility index (Phi) is 4.91. The fraction of sp³-hybridized carbons (Fsp3) is 0.875. The Bertz CT molecular complexity index is 394. The Labute approximate surface area is 126 Å². The second-order valence-corrected chi connectivity index (χ2v) is 6.89. The van der Waals surface area contributed by atoms with E-state index in [-0.39, 0.29) is 5.91 Å². The molecule has 0 aromatic heterocycles. The number of nitrogens with one attached hydrogen (secondary N) is 2. The second-order valence-electron chi connectivity index (χ2n) is 6.89. The highest BCUT2D eigenvalue weighted by atomic mass is 16.4. The Balaban J connectivity index is 2.13. The van der Waals surface area contributed by atoms with Crippen LogP contribution in [0.3, 0.4) is 0 Å². The van der Waals surface area contributed by atoms with Gasteiger partial charge < -0.3 is 15.7 Å². The standard InChI is InChI=1S/C16H28N2O3/c1-3-7-15(8-4-11-17-15)13(19)18-16(14(20)21)9-5-12(2)6-10-16/h12,17H,3-11H2,1-2H3,(H,18,19)(H,20,21). The van der Waals surface area contributed by atoms with Crippen LogP contribution >= 0.6 is 0 Å². The molecule has 2 fully saturated rings. The van der Waals surface area contributed by atoms with Crippen molar-refractivity contribution in [1.29, 1.82) is 0 Å². The van der Waals surface area contributed by atoms with Crippen molar-refractivity contribution in [2.24, 2.45) is 5.92 Å². The van der Waals surface area contributed by atoms with Crippen LogP contribution in [-0.4, -0.2) is 34.6 Å². The number of amides is 1. The fourth-order valence-corrected chi connectivity index (χ4v) is 3.74. The Morgan fingerprint density at radius 2 is 1.95 bits per heavy atom. The molecule has 21 heavy (non-hydrogen) atoms. The van der Waals surface area contributed by atoms with Crippen LogP contribution in [-0.2, 0) is 9.59 Å². The molecule has 3 N–H and O–H groups in total. The van der Waals surface area contributed by atoms with Gasteiger partial charge in [0.2, 0.25) is 5.91 Å². The van der Waals surface area contributed by atoms with Crippen LogP contribution in [0.4, 0.5) is 0 Å². The molecule has 0 aromatic carbocycles. The van der Waals surface area contributed by atoms with Crippen molar-refractivity contribution in [2.75, 3.05) is 6.54 Å². The Morgan fingerprint density at radius 3 is 2.43 bits per heavy atom. The van der Waals surface area contributed by atoms with E-state index in [4.69, 9.17) is 0 Å². The first kappa shape index (κ1) is 16.3. The Hall–Kier alpha value is -1.10. The largest absolute Gasteiger partial charge is 0.480 e. The van der Waals surface area contributed by atoms with Crippen LogP contribution in [0.15, 0.2) is 0 Å². The molecular weight excluding hydrogens is 268 g/mol. The van der Waals surface area contributed by atoms with Gasteiger partial charge in [0.05, 0.1) is 5.54 Å². The average Bonchev–Trinajstić information content (AvgIpc) is 2.91. The number of aliphatic carboxylic acids is 1. The third kappa shape index (κ3) is 3.23. The number of hydrogen-bond donors (Lipinski definition) is 3. The van der Waals surface area contributed by atoms with Gasteiger partial charge in [0.15, 0.2) is 0 Å². The molecule has 1 unspecified atom stereocenters. The highest BCUT2D eigenvalue weighted by Crippen LogP contribution is 2.34. The van der Waals surface area contributed by atoms with Gasteiger partial charge in [-0.1, -0.05) is 20.3 Å². The molecule has 0 spiro atoms. The van der Waals surface area contributed by atoms with Gasteiger partial charge in [-0.25, -0.2) is 4.79 Å². The maximum absolute atomic E-state index is 12.8. The van der Waals surface area contributed by atoms with Crippen LogP contribution < -0.4 is 10.6 Å². The topological polar surface area (TPSA) is 78.4 Å². The summed E-state index contributed by atoms with van der Waals surface area (Å²) in [5, 5.41) is 15.9. The highest BCUT2D eigenvalue weighted by molar-refractivity contribution is 5.92. The second kappa shape index (κ2) is 6.34. The monoisotopic (exact) mass is 296 g/mol. The van der Waals surface area contributed by atoms with E-state index in [9.17, 15) is 14.7 Å². The van der Waals surface area contributed by atoms with E-state index in [1.54, 1.807) is 0 Å². The summed E-state index contributed by atoms with van der Waals surface area (Å²) in [4.78, 5) is 24.5. The minimum atomic E-state index is -1.06. The third-order valence-electron chi connectivity index (χ3n) is 5.25. The van der Waals surface area contributed by atoms with Crippen molar-refractivity contribution in [1.82, 2.24) is 10.6 Å². The van der Waals surface area contributed by atoms with Gasteiger partial charge in [0.1, 0.15) is 5.54 Å². The molecule has 0 radical (unpaired) electrons. The SMILES string of the molecule is CCCC1(C(=O)NC2(C(=O)O)CCC(C)CC2)CCCN1. The summed E-state index contributed by atoms with van der Waals surface area (Å²) in [6.45, 7) is 5.04. The molecule has 1 amide bonds. The molecule has 1 aliphatic carbocycles. The molecule has 1 heterocycles. The number of rotatable bonds is 5. The predicted molar refractivity (Wildman–Crippen MR) is 81.0 cm³/mol. The zero-order chi connectivity index (χ0) is 15.5. The minimum Gasteiger partial charge on any atom is -0.480 e. The van der Waals surface area contributed by atoms with Crippen LogP contribution in [0, 0.1) is 5.92 Å². The summed E-state index contributed by atoms with van der Waals surface area (Å²) in [6, 6.07) is 0. The van der Waals surface area contributed by atoms with E-state index in [1.165, 1.54) is 0 Å². The molecule has 2 aliphatic rings. The zero-order valence-electron chi connectivity index (χ0n) is 13.2. The summed E-state index contributed by atoms with van der Waals surface area (Å²) < 4.78 is 0. The van der Waals surface area contributed by atoms with Gasteiger partial charge in [-0.05, 0) is 57.4 Å². The van der Waals surface area contributed by atoms with Crippen LogP contribution in [0.25, 0.3) is 0 Å². The zero-order valence-corrected chi connectivity index (χ0v) is 13.2. The summed E-state index contributed by atoms with van der Waals surface area (Å²) >= 11 is 0. The maximum Gasteiger partial charge on any atom is 0.329 e. The minimum absolute atomic E-state index is 0.112. The van der Waals surface area contributed by atoms with Gasteiger partial charge in [-0.2, -0.15) is 0 Å². The van der Waals surface area contributed by atoms with Gasteiger partial charge in [0.25, 0.3) is 0 Å². The molecular formula is C16H28N2O3. The summed E-state index contributed by atoms with van der Waals surface area (Å²) in [5.41, 5.74) is -1.62. The third-order valence-corrected chi connectivity index (χ3v) is 5.25. The smallest absolute Gasteiger partial charge is 0.329 e. The summed E-state index contributed by atoms with van der Waals surface area (Å²) in [7, 11) is 0. The first-order chi connectivity index (χ1) is 9.94. The van der Waals surface area contributed by atoms with Gasteiger partial charge in [-0.3, -0.25) is 4.79 Å². The number of carboxylic acid groups (broad SMARTS) is 1. The van der Waals surface area contributed by atoms with E-state index in [0.717, 1.165) is 45.1 Å². The quantitative estimate of drug-likeness (QED) is 0.725. The lowest BCUT2D eigenvalue weighted by atomic mass is 9.76. The molecule has 2 rings (SSSR count). The van der Waals surface area contributed by atoms with Gasteiger partial charge >= 0.3 is 5.97 Å². The highest BCUT2D eigenvalue weighted by Gasteiger charge is 2.47.